The summed E-state index contributed by atoms with van der Waals surface area (Å²) in [6.45, 7) is 2.14. The average molecular weight is 387 g/mol. The van der Waals surface area contributed by atoms with Crippen molar-refractivity contribution in [3.8, 4) is 11.4 Å². The number of nitrogens with one attached hydrogen (secondary N) is 1. The summed E-state index contributed by atoms with van der Waals surface area (Å²) in [6, 6.07) is 16.1. The summed E-state index contributed by atoms with van der Waals surface area (Å²) < 4.78 is 3.03. The molecule has 0 aliphatic rings. The lowest BCUT2D eigenvalue weighted by Crippen LogP contribution is -1.95. The van der Waals surface area contributed by atoms with Crippen LogP contribution in [-0.4, -0.2) is 21.1 Å². The smallest absolute Gasteiger partial charge is 0.216 e. The molecular weight excluding hydrogens is 372 g/mol. The normalized spacial score (nSPS) is 11.2. The van der Waals surface area contributed by atoms with E-state index in [4.69, 9.17) is 12.2 Å². The van der Waals surface area contributed by atoms with E-state index in [2.05, 4.69) is 50.3 Å². The van der Waals surface area contributed by atoms with Gasteiger partial charge in [0, 0.05) is 10.0 Å². The van der Waals surface area contributed by atoms with Gasteiger partial charge in [-0.15, -0.1) is 0 Å². The Hall–Kier alpha value is -2.05. The maximum Gasteiger partial charge on any atom is 0.216 e. The van der Waals surface area contributed by atoms with Crippen molar-refractivity contribution in [1.29, 1.82) is 0 Å². The van der Waals surface area contributed by atoms with Gasteiger partial charge in [0.15, 0.2) is 5.82 Å². The van der Waals surface area contributed by atoms with E-state index < -0.39 is 0 Å². The van der Waals surface area contributed by atoms with Crippen molar-refractivity contribution in [3.05, 3.63) is 68.9 Å². The molecule has 2 aromatic carbocycles. The Morgan fingerprint density at radius 2 is 1.96 bits per heavy atom. The molecule has 0 amide bonds. The number of aromatic amines is 1. The fourth-order valence-corrected chi connectivity index (χ4v) is 2.82. The minimum Gasteiger partial charge on any atom is -0.250 e. The number of aryl methyl sites for hydroxylation is 1. The van der Waals surface area contributed by atoms with Crippen LogP contribution in [0.2, 0.25) is 0 Å². The zero-order valence-corrected chi connectivity index (χ0v) is 14.9. The van der Waals surface area contributed by atoms with E-state index in [1.807, 2.05) is 36.4 Å². The van der Waals surface area contributed by atoms with Crippen LogP contribution in [0.15, 0.2) is 58.1 Å². The van der Waals surface area contributed by atoms with Gasteiger partial charge in [-0.1, -0.05) is 59.3 Å². The number of nitrogens with zero attached hydrogens (tertiary/aromatic N) is 3. The molecular formula is C17H15BrN4S. The fraction of sp³-hybridized carbons (Fsp3) is 0.118. The van der Waals surface area contributed by atoms with Crippen LogP contribution in [0.3, 0.4) is 0 Å². The zero-order chi connectivity index (χ0) is 16.2. The van der Waals surface area contributed by atoms with Crippen LogP contribution in [0.5, 0.6) is 0 Å². The Morgan fingerprint density at radius 1 is 1.22 bits per heavy atom. The van der Waals surface area contributed by atoms with Crippen molar-refractivity contribution in [2.45, 2.75) is 13.3 Å². The lowest BCUT2D eigenvalue weighted by atomic mass is 10.1. The molecule has 0 saturated heterocycles. The fourth-order valence-electron chi connectivity index (χ4n) is 2.18. The summed E-state index contributed by atoms with van der Waals surface area (Å²) >= 11 is 8.82. The Kier molecular flexibility index (Phi) is 4.83. The molecule has 0 radical (unpaired) electrons. The molecule has 6 heteroatoms. The van der Waals surface area contributed by atoms with Gasteiger partial charge in [0.05, 0.1) is 6.21 Å². The maximum atomic E-state index is 5.29. The van der Waals surface area contributed by atoms with Crippen molar-refractivity contribution < 1.29 is 0 Å². The van der Waals surface area contributed by atoms with Gasteiger partial charge in [-0.3, -0.25) is 0 Å². The Balaban J connectivity index is 1.97. The second-order valence-electron chi connectivity index (χ2n) is 4.98. The average Bonchev–Trinajstić information content (AvgIpc) is 2.94. The molecule has 1 N–H and O–H groups in total. The highest BCUT2D eigenvalue weighted by atomic mass is 79.9. The third-order valence-electron chi connectivity index (χ3n) is 3.48. The number of halogens is 1. The molecule has 3 aromatic rings. The number of H-pyrrole nitrogens is 1. The third kappa shape index (κ3) is 3.48. The number of aromatic nitrogens is 3. The third-order valence-corrected chi connectivity index (χ3v) is 4.43. The van der Waals surface area contributed by atoms with Gasteiger partial charge in [-0.2, -0.15) is 14.9 Å². The van der Waals surface area contributed by atoms with E-state index in [0.717, 1.165) is 22.0 Å². The molecule has 23 heavy (non-hydrogen) atoms. The van der Waals surface area contributed by atoms with Gasteiger partial charge in [-0.05, 0) is 41.9 Å². The summed E-state index contributed by atoms with van der Waals surface area (Å²) in [5, 5.41) is 11.6. The Bertz CT molecular complexity index is 893. The summed E-state index contributed by atoms with van der Waals surface area (Å²) in [6.07, 6.45) is 2.81. The number of benzene rings is 2. The summed E-state index contributed by atoms with van der Waals surface area (Å²) in [5.74, 6) is 0.670. The minimum absolute atomic E-state index is 0.456. The predicted molar refractivity (Wildman–Crippen MR) is 99.4 cm³/mol. The van der Waals surface area contributed by atoms with E-state index in [1.54, 1.807) is 10.9 Å². The first-order chi connectivity index (χ1) is 11.2. The minimum atomic E-state index is 0.456. The molecule has 1 aromatic heterocycles. The quantitative estimate of drug-likeness (QED) is 0.516. The topological polar surface area (TPSA) is 46.0 Å². The molecule has 0 aliphatic heterocycles. The molecule has 3 rings (SSSR count). The largest absolute Gasteiger partial charge is 0.250 e. The molecule has 0 atom stereocenters. The predicted octanol–water partition coefficient (Wildman–Crippen LogP) is 4.81. The van der Waals surface area contributed by atoms with Crippen molar-refractivity contribution in [1.82, 2.24) is 14.9 Å². The van der Waals surface area contributed by atoms with E-state index in [9.17, 15) is 0 Å². The lowest BCUT2D eigenvalue weighted by Gasteiger charge is -2.03. The molecule has 0 saturated carbocycles. The van der Waals surface area contributed by atoms with E-state index in [0.29, 0.717) is 10.6 Å². The highest BCUT2D eigenvalue weighted by Crippen LogP contribution is 2.26. The van der Waals surface area contributed by atoms with Gasteiger partial charge in [0.2, 0.25) is 4.77 Å². The van der Waals surface area contributed by atoms with Crippen molar-refractivity contribution in [2.24, 2.45) is 5.10 Å². The van der Waals surface area contributed by atoms with Crippen LogP contribution in [0, 0.1) is 4.77 Å². The Morgan fingerprint density at radius 3 is 2.65 bits per heavy atom. The standard InChI is InChI=1S/C17H15BrN4S/c1-2-12-7-9-13(10-8-12)11-19-22-16(20-21-17(22)23)14-5-3-4-6-15(14)18/h3-11H,2H2,1H3,(H,21,23)/b19-11+. The zero-order valence-electron chi connectivity index (χ0n) is 12.5. The van der Waals surface area contributed by atoms with Crippen LogP contribution in [0.4, 0.5) is 0 Å². The van der Waals surface area contributed by atoms with E-state index in [-0.39, 0.29) is 0 Å². The highest BCUT2D eigenvalue weighted by molar-refractivity contribution is 9.10. The van der Waals surface area contributed by atoms with Crippen molar-refractivity contribution in [2.75, 3.05) is 0 Å². The van der Waals surface area contributed by atoms with Gasteiger partial charge >= 0.3 is 0 Å². The molecule has 1 heterocycles. The van der Waals surface area contributed by atoms with Crippen molar-refractivity contribution >= 4 is 34.4 Å². The van der Waals surface area contributed by atoms with E-state index in [1.165, 1.54) is 5.56 Å². The molecule has 0 unspecified atom stereocenters. The summed E-state index contributed by atoms with van der Waals surface area (Å²) in [4.78, 5) is 0. The SMILES string of the molecule is CCc1ccc(/C=N/n2c(-c3ccccc3Br)n[nH]c2=S)cc1. The van der Waals surface area contributed by atoms with Gasteiger partial charge in [0.1, 0.15) is 0 Å². The van der Waals surface area contributed by atoms with Gasteiger partial charge in [-0.25, -0.2) is 5.10 Å². The molecule has 4 nitrogen and oxygen atoms in total. The van der Waals surface area contributed by atoms with Crippen LogP contribution in [0.1, 0.15) is 18.1 Å². The summed E-state index contributed by atoms with van der Waals surface area (Å²) in [5.41, 5.74) is 3.25. The Labute approximate surface area is 148 Å². The van der Waals surface area contributed by atoms with E-state index >= 15 is 0 Å². The van der Waals surface area contributed by atoms with Crippen LogP contribution in [-0.2, 0) is 6.42 Å². The summed E-state index contributed by atoms with van der Waals surface area (Å²) in [7, 11) is 0. The maximum absolute atomic E-state index is 5.29. The monoisotopic (exact) mass is 386 g/mol. The van der Waals surface area contributed by atoms with Crippen LogP contribution in [0.25, 0.3) is 11.4 Å². The molecule has 116 valence electrons. The molecule has 0 aliphatic carbocycles. The van der Waals surface area contributed by atoms with Crippen molar-refractivity contribution in [3.63, 3.8) is 0 Å². The second-order valence-corrected chi connectivity index (χ2v) is 6.22. The van der Waals surface area contributed by atoms with Gasteiger partial charge in [0.25, 0.3) is 0 Å². The molecule has 0 bridgehead atoms. The van der Waals surface area contributed by atoms with Crippen LogP contribution >= 0.6 is 28.1 Å². The first-order valence-electron chi connectivity index (χ1n) is 7.24. The number of rotatable bonds is 4. The molecule has 0 spiro atoms. The highest BCUT2D eigenvalue weighted by Gasteiger charge is 2.10. The molecule has 0 fully saturated rings. The number of hydrogen-bond donors (Lipinski definition) is 1. The van der Waals surface area contributed by atoms with Crippen LogP contribution < -0.4 is 0 Å². The number of hydrogen-bond acceptors (Lipinski definition) is 3. The second kappa shape index (κ2) is 7.02. The lowest BCUT2D eigenvalue weighted by molar-refractivity contribution is 0.871. The van der Waals surface area contributed by atoms with Gasteiger partial charge < -0.3 is 0 Å². The first-order valence-corrected chi connectivity index (χ1v) is 8.45. The first kappa shape index (κ1) is 15.8.